The van der Waals surface area contributed by atoms with Crippen LogP contribution in [0.4, 0.5) is 13.2 Å². The molecule has 1 atom stereocenters. The molecule has 1 aliphatic heterocycles. The van der Waals surface area contributed by atoms with Crippen molar-refractivity contribution in [2.45, 2.75) is 39.1 Å². The minimum absolute atomic E-state index is 0.0318. The van der Waals surface area contributed by atoms with Crippen LogP contribution in [-0.2, 0) is 13.0 Å². The van der Waals surface area contributed by atoms with E-state index in [4.69, 9.17) is 16.3 Å². The molecule has 1 amide bonds. The van der Waals surface area contributed by atoms with Gasteiger partial charge in [-0.25, -0.2) is 4.68 Å². The SMILES string of the molecule is Cc1cc(-n2cc3c(n2)CCN(C(=O)c2c(OC(C)C(F)(F)F)ccc(C#N)c2Cl)C3)ccn1. The number of nitrogens with zero attached hydrogens (tertiary/aromatic N) is 5. The molecule has 0 saturated heterocycles. The van der Waals surface area contributed by atoms with Crippen molar-refractivity contribution in [3.8, 4) is 17.5 Å². The van der Waals surface area contributed by atoms with Crippen LogP contribution >= 0.6 is 11.6 Å². The number of ether oxygens (including phenoxy) is 1. The first kappa shape index (κ1) is 23.6. The number of fused-ring (bicyclic) bond motifs is 1. The fourth-order valence-electron chi connectivity index (χ4n) is 3.65. The minimum atomic E-state index is -4.64. The summed E-state index contributed by atoms with van der Waals surface area (Å²) < 4.78 is 46.0. The first-order valence-electron chi connectivity index (χ1n) is 10.3. The van der Waals surface area contributed by atoms with Crippen LogP contribution in [0.25, 0.3) is 5.69 Å². The third-order valence-corrected chi connectivity index (χ3v) is 5.88. The summed E-state index contributed by atoms with van der Waals surface area (Å²) in [5.41, 5.74) is 2.97. The van der Waals surface area contributed by atoms with Crippen molar-refractivity contribution in [3.63, 3.8) is 0 Å². The van der Waals surface area contributed by atoms with Gasteiger partial charge in [0.1, 0.15) is 17.4 Å². The van der Waals surface area contributed by atoms with E-state index < -0.39 is 18.2 Å². The van der Waals surface area contributed by atoms with E-state index in [1.807, 2.05) is 25.1 Å². The molecule has 0 fully saturated rings. The Labute approximate surface area is 198 Å². The summed E-state index contributed by atoms with van der Waals surface area (Å²) in [7, 11) is 0. The Kier molecular flexibility index (Phi) is 6.23. The van der Waals surface area contributed by atoms with Crippen LogP contribution in [0, 0.1) is 18.3 Å². The maximum atomic E-state index is 13.4. The number of amides is 1. The lowest BCUT2D eigenvalue weighted by Gasteiger charge is -2.28. The van der Waals surface area contributed by atoms with Crippen molar-refractivity contribution in [2.24, 2.45) is 0 Å². The van der Waals surface area contributed by atoms with Gasteiger partial charge in [-0.15, -0.1) is 0 Å². The molecule has 11 heteroatoms. The van der Waals surface area contributed by atoms with Gasteiger partial charge in [0.05, 0.1) is 22.0 Å². The lowest BCUT2D eigenvalue weighted by atomic mass is 10.0. The highest BCUT2D eigenvalue weighted by molar-refractivity contribution is 6.35. The zero-order valence-corrected chi connectivity index (χ0v) is 19.0. The van der Waals surface area contributed by atoms with Gasteiger partial charge in [0.25, 0.3) is 5.91 Å². The highest BCUT2D eigenvalue weighted by atomic mass is 35.5. The molecule has 3 aromatic rings. The zero-order chi connectivity index (χ0) is 24.6. The molecular formula is C23H19ClF3N5O2. The number of hydrogen-bond acceptors (Lipinski definition) is 5. The molecule has 1 aliphatic rings. The molecule has 0 saturated carbocycles. The number of halogens is 4. The van der Waals surface area contributed by atoms with E-state index in [9.17, 15) is 23.2 Å². The van der Waals surface area contributed by atoms with Gasteiger partial charge in [0.15, 0.2) is 6.10 Å². The summed E-state index contributed by atoms with van der Waals surface area (Å²) in [6.45, 7) is 3.16. The number of rotatable bonds is 4. The quantitative estimate of drug-likeness (QED) is 0.533. The van der Waals surface area contributed by atoms with Gasteiger partial charge in [-0.3, -0.25) is 9.78 Å². The van der Waals surface area contributed by atoms with Crippen molar-refractivity contribution in [2.75, 3.05) is 6.54 Å². The van der Waals surface area contributed by atoms with Gasteiger partial charge in [-0.05, 0) is 38.1 Å². The van der Waals surface area contributed by atoms with E-state index in [2.05, 4.69) is 10.1 Å². The molecule has 0 radical (unpaired) electrons. The second kappa shape index (κ2) is 8.99. The average Bonchev–Trinajstić information content (AvgIpc) is 3.22. The Morgan fingerprint density at radius 2 is 2.09 bits per heavy atom. The van der Waals surface area contributed by atoms with E-state index in [0.29, 0.717) is 6.42 Å². The predicted molar refractivity (Wildman–Crippen MR) is 117 cm³/mol. The third-order valence-electron chi connectivity index (χ3n) is 5.49. The normalized spacial score (nSPS) is 14.3. The molecular weight excluding hydrogens is 471 g/mol. The maximum absolute atomic E-state index is 13.4. The molecule has 1 unspecified atom stereocenters. The van der Waals surface area contributed by atoms with E-state index in [0.717, 1.165) is 29.6 Å². The van der Waals surface area contributed by atoms with E-state index in [1.165, 1.54) is 17.0 Å². The molecule has 4 rings (SSSR count). The highest BCUT2D eigenvalue weighted by Gasteiger charge is 2.39. The number of aromatic nitrogens is 3. The lowest BCUT2D eigenvalue weighted by Crippen LogP contribution is -2.37. The molecule has 0 spiro atoms. The van der Waals surface area contributed by atoms with E-state index in [-0.39, 0.29) is 35.0 Å². The number of pyridine rings is 1. The molecule has 176 valence electrons. The molecule has 7 nitrogen and oxygen atoms in total. The van der Waals surface area contributed by atoms with Crippen LogP contribution in [0.1, 0.15) is 39.8 Å². The van der Waals surface area contributed by atoms with Crippen molar-refractivity contribution < 1.29 is 22.7 Å². The average molecular weight is 490 g/mol. The molecule has 3 heterocycles. The second-order valence-electron chi connectivity index (χ2n) is 7.89. The predicted octanol–water partition coefficient (Wildman–Crippen LogP) is 4.63. The zero-order valence-electron chi connectivity index (χ0n) is 18.2. The number of nitriles is 1. The molecule has 0 aliphatic carbocycles. The van der Waals surface area contributed by atoms with Crippen LogP contribution in [0.5, 0.6) is 5.75 Å². The van der Waals surface area contributed by atoms with Gasteiger partial charge in [-0.1, -0.05) is 11.6 Å². The van der Waals surface area contributed by atoms with Crippen LogP contribution in [0.2, 0.25) is 5.02 Å². The minimum Gasteiger partial charge on any atom is -0.480 e. The molecule has 0 bridgehead atoms. The Morgan fingerprint density at radius 3 is 2.76 bits per heavy atom. The van der Waals surface area contributed by atoms with Crippen LogP contribution in [-0.4, -0.2) is 44.4 Å². The van der Waals surface area contributed by atoms with Crippen molar-refractivity contribution in [1.29, 1.82) is 5.26 Å². The summed E-state index contributed by atoms with van der Waals surface area (Å²) in [4.78, 5) is 19.0. The first-order chi connectivity index (χ1) is 16.1. The fourth-order valence-corrected chi connectivity index (χ4v) is 3.93. The first-order valence-corrected chi connectivity index (χ1v) is 10.7. The Balaban J connectivity index is 1.65. The van der Waals surface area contributed by atoms with Crippen molar-refractivity contribution in [3.05, 3.63) is 69.8 Å². The number of benzene rings is 1. The molecule has 0 N–H and O–H groups in total. The largest absolute Gasteiger partial charge is 0.480 e. The topological polar surface area (TPSA) is 84.0 Å². The van der Waals surface area contributed by atoms with Gasteiger partial charge in [0, 0.05) is 43.2 Å². The monoisotopic (exact) mass is 489 g/mol. The third kappa shape index (κ3) is 4.56. The number of alkyl halides is 3. The summed E-state index contributed by atoms with van der Waals surface area (Å²) in [5, 5.41) is 13.6. The molecule has 34 heavy (non-hydrogen) atoms. The van der Waals surface area contributed by atoms with Crippen LogP contribution in [0.3, 0.4) is 0 Å². The van der Waals surface area contributed by atoms with Gasteiger partial charge in [0.2, 0.25) is 0 Å². The number of hydrogen-bond donors (Lipinski definition) is 0. The summed E-state index contributed by atoms with van der Waals surface area (Å²) in [6.07, 6.45) is -2.88. The van der Waals surface area contributed by atoms with E-state index >= 15 is 0 Å². The highest BCUT2D eigenvalue weighted by Crippen LogP contribution is 2.35. The standard InChI is InChI=1S/C23H19ClF3N5O2/c1-13-9-17(5-7-29-13)32-12-16-11-31(8-6-18(16)30-32)22(33)20-19(34-14(2)23(25,26)27)4-3-15(10-28)21(20)24/h3-5,7,9,12,14H,6,8,11H2,1-2H3. The summed E-state index contributed by atoms with van der Waals surface area (Å²) in [6, 6.07) is 7.93. The van der Waals surface area contributed by atoms with Gasteiger partial charge in [-0.2, -0.15) is 23.5 Å². The lowest BCUT2D eigenvalue weighted by molar-refractivity contribution is -0.189. The maximum Gasteiger partial charge on any atom is 0.425 e. The number of aryl methyl sites for hydroxylation is 1. The van der Waals surface area contributed by atoms with Crippen molar-refractivity contribution >= 4 is 17.5 Å². The molecule has 2 aromatic heterocycles. The number of carbonyl (C=O) groups is 1. The molecule has 1 aromatic carbocycles. The van der Waals surface area contributed by atoms with Crippen molar-refractivity contribution in [1.82, 2.24) is 19.7 Å². The smallest absolute Gasteiger partial charge is 0.425 e. The second-order valence-corrected chi connectivity index (χ2v) is 8.27. The summed E-state index contributed by atoms with van der Waals surface area (Å²) >= 11 is 6.27. The van der Waals surface area contributed by atoms with Crippen LogP contribution in [0.15, 0.2) is 36.7 Å². The Morgan fingerprint density at radius 1 is 1.32 bits per heavy atom. The van der Waals surface area contributed by atoms with Crippen LogP contribution < -0.4 is 4.74 Å². The van der Waals surface area contributed by atoms with Gasteiger partial charge < -0.3 is 9.64 Å². The summed E-state index contributed by atoms with van der Waals surface area (Å²) in [5.74, 6) is -0.947. The fraction of sp³-hybridized carbons (Fsp3) is 0.304. The van der Waals surface area contributed by atoms with Gasteiger partial charge >= 0.3 is 6.18 Å². The Hall–Kier alpha value is -3.58. The number of carbonyl (C=O) groups excluding carboxylic acids is 1. The van der Waals surface area contributed by atoms with E-state index in [1.54, 1.807) is 17.1 Å². The Bertz CT molecular complexity index is 1300.